The Kier molecular flexibility index (Phi) is 63.8. The van der Waals surface area contributed by atoms with Gasteiger partial charge in [-0.3, -0.25) is 0 Å². The average molecular weight is 2560 g/mol. The molecule has 1 heterocycles. The predicted molar refractivity (Wildman–Crippen MR) is 737 cm³/mol. The Hall–Kier alpha value is 14.8. The molecule has 125 heavy (non-hydrogen) atoms. The van der Waals surface area contributed by atoms with Crippen molar-refractivity contribution in [3.63, 3.8) is 0 Å². The molecule has 0 aliphatic heterocycles. The van der Waals surface area contributed by atoms with Gasteiger partial charge in [-0.1, -0.05) is 299 Å². The monoisotopic (exact) mass is 2560 g/mol. The lowest BCUT2D eigenvalue weighted by atomic mass is 9.70. The van der Waals surface area contributed by atoms with E-state index in [0.717, 1.165) is 7.96 Å². The van der Waals surface area contributed by atoms with Gasteiger partial charge in [-0.2, -0.15) is 0 Å². The van der Waals surface area contributed by atoms with Gasteiger partial charge in [-0.15, -0.1) is 226 Å². The molecule has 692 valence electrons. The first-order chi connectivity index (χ1) is 60.0. The Morgan fingerprint density at radius 3 is 0.904 bits per heavy atom. The molecule has 2 aliphatic rings. The molecule has 0 saturated carbocycles. The first-order valence-corrected chi connectivity index (χ1v) is 129. The highest BCUT2D eigenvalue weighted by molar-refractivity contribution is 9.51. The van der Waals surface area contributed by atoms with Gasteiger partial charge >= 0.3 is 0 Å². The van der Waals surface area contributed by atoms with E-state index in [1.807, 2.05) is 11.3 Å². The quantitative estimate of drug-likeness (QED) is 0.0271. The van der Waals surface area contributed by atoms with Crippen molar-refractivity contribution in [1.29, 1.82) is 0 Å². The SMILES string of the molecule is CCCCCCCCC1(CCCCCCCC)c2ccccc2-c2c(N(c3ccc(-c4ccc5sc6ccccc6c5c4)cc3)c3cccc4c3-c3ccccc3C4(CCCCCCCC)CCCCCCCC)cccc21.PPP(P)P(P(P)P)P(P(P(P)P)P(P)P)P(P(P(P(P)P)P(P)P)P(P(P)P)P(P)P)P(P(P(P)P)P(P)P)P(P(P)P)P(P)P. The summed E-state index contributed by atoms with van der Waals surface area (Å²) in [6.45, 7) is 6.43. The first kappa shape index (κ1) is 123. The van der Waals surface area contributed by atoms with Crippen LogP contribution in [0.5, 0.6) is 0 Å². The van der Waals surface area contributed by atoms with Crippen molar-refractivity contribution in [2.24, 2.45) is 0 Å². The minimum absolute atomic E-state index is 0.00784. The van der Waals surface area contributed by atoms with Crippen molar-refractivity contribution in [2.45, 2.75) is 218 Å². The highest BCUT2D eigenvalue weighted by atomic mass is 33.6. The lowest BCUT2D eigenvalue weighted by molar-refractivity contribution is 0.398. The molecule has 28 unspecified atom stereocenters. The van der Waals surface area contributed by atoms with Gasteiger partial charge in [0.1, 0.15) is 0 Å². The smallest absolute Gasteiger partial charge is 0.0543 e. The summed E-state index contributed by atoms with van der Waals surface area (Å²) in [6, 6.07) is 60.1. The van der Waals surface area contributed by atoms with E-state index in [1.54, 1.807) is 22.3 Å². The zero-order valence-electron chi connectivity index (χ0n) is 72.8. The van der Waals surface area contributed by atoms with Crippen LogP contribution in [0.2, 0.25) is 0 Å². The van der Waals surface area contributed by atoms with Crippen LogP contribution in [0.25, 0.3) is 53.6 Å². The molecule has 0 bridgehead atoms. The Morgan fingerprint density at radius 2 is 0.560 bits per heavy atom. The van der Waals surface area contributed by atoms with Gasteiger partial charge in [0, 0.05) is 47.8 Å². The summed E-state index contributed by atoms with van der Waals surface area (Å²) >= 11 is 1.90. The molecule has 0 spiro atoms. The van der Waals surface area contributed by atoms with E-state index in [4.69, 9.17) is 0 Å². The largest absolute Gasteiger partial charge is 0.309 e. The molecule has 0 amide bonds. The molecule has 0 radical (unpaired) electrons. The Bertz CT molecular complexity index is 4230. The molecule has 2 aliphatic carbocycles. The summed E-state index contributed by atoms with van der Waals surface area (Å²) in [5.74, 6) is 0. The molecule has 7 aromatic carbocycles. The lowest BCUT2D eigenvalue weighted by Gasteiger charge is -2.58. The van der Waals surface area contributed by atoms with E-state index in [-0.39, 0.29) is 165 Å². The van der Waals surface area contributed by atoms with Crippen LogP contribution in [-0.4, -0.2) is 0 Å². The molecule has 10 rings (SSSR count). The summed E-state index contributed by atoms with van der Waals surface area (Å²) < 4.78 is 2.71. The van der Waals surface area contributed by atoms with Crippen LogP contribution in [0, 0.1) is 0 Å². The van der Waals surface area contributed by atoms with Gasteiger partial charge in [-0.25, -0.2) is 0 Å². The van der Waals surface area contributed by atoms with E-state index < -0.39 is 0 Å². The maximum atomic E-state index is 3.55. The Balaban J connectivity index is 0.000000325. The normalized spacial score (nSPS) is 14.7. The Morgan fingerprint density at radius 1 is 0.272 bits per heavy atom. The molecule has 0 saturated heterocycles. The van der Waals surface area contributed by atoms with Gasteiger partial charge in [0.05, 0.1) is 11.4 Å². The fourth-order valence-electron chi connectivity index (χ4n) is 17.3. The predicted octanol–water partition coefficient (Wildman–Crippen LogP) is 52.1. The van der Waals surface area contributed by atoms with Gasteiger partial charge in [-0.05, 0) is 266 Å². The molecule has 0 N–H and O–H groups in total. The molecule has 1 aromatic heterocycles. The van der Waals surface area contributed by atoms with Crippen molar-refractivity contribution in [2.75, 3.05) is 4.90 Å². The van der Waals surface area contributed by atoms with Crippen molar-refractivity contribution < 1.29 is 0 Å². The number of anilines is 3. The number of rotatable bonds is 54. The first-order valence-electron chi connectivity index (χ1n) is 42.5. The highest BCUT2D eigenvalue weighted by Gasteiger charge is 2.58. The summed E-state index contributed by atoms with van der Waals surface area (Å²) in [5, 5.41) is 2.71. The van der Waals surface area contributed by atoms with Crippen LogP contribution < -0.4 is 4.90 Å². The van der Waals surface area contributed by atoms with Crippen molar-refractivity contribution >= 4 is 425 Å². The fourth-order valence-corrected chi connectivity index (χ4v) is 677. The third-order valence-corrected chi connectivity index (χ3v) is 347. The number of unbranched alkanes of at least 4 members (excludes halogenated alkanes) is 20. The van der Waals surface area contributed by atoms with Crippen LogP contribution in [0.1, 0.15) is 230 Å². The van der Waals surface area contributed by atoms with Crippen LogP contribution in [0.15, 0.2) is 152 Å². The fraction of sp³-hybridized carbons (Fsp3) is 0.447. The van der Waals surface area contributed by atoms with Crippen LogP contribution >= 0.6 is 387 Å². The molecule has 0 fully saturated rings. The van der Waals surface area contributed by atoms with E-state index in [0.29, 0.717) is 0 Å². The van der Waals surface area contributed by atoms with Gasteiger partial charge in [0.25, 0.3) is 0 Å². The Labute approximate surface area is 845 Å². The standard InChI is InChI=1S/C76H93NS.H49P47/c1-5-9-13-17-21-31-53-75(54-32-22-18-14-10-6-2)65-40-28-25-38-62(65)73-67(75)42-35-44-69(73)77(60-50-47-58(48-51-60)59-49-52-72-64(57-59)61-37-27-30-46-71(61)78-72)70-45-36-43-68-74(70)63-39-26-29-41-66(63)76(68,55-33-23-19-15-11-7-3)56-34-24-20-16-12-8-4;1-25-37(24)43(36(22)23)46(42(34(18)19)35(20)21)47(44(38(26(2)3)27(4)5)39(28(6)7)29(8)9)45(40(30(10)11)31(12)13)41(32(14)15)33(16)17/h25-30,35-52,57H,5-24,31-34,53-56H2,1-4H3;25H,1-24H2. The summed E-state index contributed by atoms with van der Waals surface area (Å²) in [6.07, 6.45) is 36.6. The average Bonchev–Trinajstić information content (AvgIpc) is 1.54. The number of benzene rings is 7. The number of nitrogens with zero attached hydrogens (tertiary/aromatic N) is 1. The van der Waals surface area contributed by atoms with E-state index in [1.165, 1.54) is 250 Å². The number of thiophene rings is 1. The van der Waals surface area contributed by atoms with Crippen LogP contribution in [-0.2, 0) is 10.8 Å². The van der Waals surface area contributed by atoms with Gasteiger partial charge in [0.2, 0.25) is 0 Å². The third-order valence-electron chi connectivity index (χ3n) is 22.7. The molecular formula is C76H142NP47S. The van der Waals surface area contributed by atoms with Crippen LogP contribution in [0.3, 0.4) is 0 Å². The molecule has 1 nitrogen and oxygen atoms in total. The lowest BCUT2D eigenvalue weighted by Crippen LogP contribution is -2.26. The highest BCUT2D eigenvalue weighted by Crippen LogP contribution is 3.45. The molecule has 28 atom stereocenters. The zero-order chi connectivity index (χ0) is 91.0. The summed E-state index contributed by atoms with van der Waals surface area (Å²) in [5.41, 5.74) is 18.5. The molecule has 8 aromatic rings. The van der Waals surface area contributed by atoms with Crippen molar-refractivity contribution in [1.82, 2.24) is 0 Å². The summed E-state index contributed by atoms with van der Waals surface area (Å²) in [4.78, 5) is 2.74. The van der Waals surface area contributed by atoms with Crippen molar-refractivity contribution in [3.8, 4) is 33.4 Å². The maximum absolute atomic E-state index is 3.55. The van der Waals surface area contributed by atoms with Gasteiger partial charge in [0.15, 0.2) is 0 Å². The topological polar surface area (TPSA) is 3.24 Å². The van der Waals surface area contributed by atoms with Crippen molar-refractivity contribution in [3.05, 3.63) is 174 Å². The zero-order valence-corrected chi connectivity index (χ0v) is 122. The maximum Gasteiger partial charge on any atom is 0.0543 e. The number of hydrogen-bond acceptors (Lipinski definition) is 2. The second-order valence-corrected chi connectivity index (χ2v) is 223. The second-order valence-electron chi connectivity index (χ2n) is 31.3. The molecule has 49 heteroatoms. The second kappa shape index (κ2) is 64.7. The molecular weight excluding hydrogens is 2410 g/mol. The van der Waals surface area contributed by atoms with E-state index in [2.05, 4.69) is 399 Å². The summed E-state index contributed by atoms with van der Waals surface area (Å²) in [7, 11) is 84.0. The number of fused-ring (bicyclic) bond motifs is 9. The van der Waals surface area contributed by atoms with Gasteiger partial charge < -0.3 is 4.90 Å². The van der Waals surface area contributed by atoms with E-state index >= 15 is 0 Å². The number of hydrogen-bond donors (Lipinski definition) is 0. The minimum atomic E-state index is -0.168. The van der Waals surface area contributed by atoms with Crippen LogP contribution in [0.4, 0.5) is 17.1 Å². The third kappa shape index (κ3) is 33.9. The minimum Gasteiger partial charge on any atom is -0.309 e. The van der Waals surface area contributed by atoms with E-state index in [9.17, 15) is 0 Å².